The average Bonchev–Trinajstić information content (AvgIpc) is 2.98. The molecule has 0 bridgehead atoms. The van der Waals surface area contributed by atoms with Gasteiger partial charge in [0.2, 0.25) is 0 Å². The lowest BCUT2D eigenvalue weighted by Crippen LogP contribution is -1.99. The van der Waals surface area contributed by atoms with Crippen LogP contribution in [-0.4, -0.2) is 20.2 Å². The van der Waals surface area contributed by atoms with Crippen molar-refractivity contribution in [1.82, 2.24) is 20.2 Å². The maximum absolute atomic E-state index is 5.86. The Morgan fingerprint density at radius 3 is 2.89 bits per heavy atom. The molecule has 5 nitrogen and oxygen atoms in total. The van der Waals surface area contributed by atoms with Crippen LogP contribution in [0.15, 0.2) is 35.0 Å². The smallest absolute Gasteiger partial charge is 0.187 e. The van der Waals surface area contributed by atoms with Crippen LogP contribution in [0.25, 0.3) is 17.1 Å². The van der Waals surface area contributed by atoms with Gasteiger partial charge in [-0.25, -0.2) is 0 Å². The molecule has 2 N–H and O–H groups in total. The van der Waals surface area contributed by atoms with E-state index in [0.717, 1.165) is 16.8 Å². The number of benzene rings is 1. The predicted octanol–water partition coefficient (Wildman–Crippen LogP) is 2.28. The fourth-order valence-electron chi connectivity index (χ4n) is 1.86. The molecule has 0 unspecified atom stereocenters. The lowest BCUT2D eigenvalue weighted by Gasteiger charge is -2.04. The second-order valence-electron chi connectivity index (χ2n) is 4.03. The molecule has 18 heavy (non-hydrogen) atoms. The number of nitrogens with zero attached hydrogens (tertiary/aromatic N) is 4. The van der Waals surface area contributed by atoms with Gasteiger partial charge in [0.1, 0.15) is 0 Å². The number of nitrogen functional groups attached to an aromatic ring is 1. The summed E-state index contributed by atoms with van der Waals surface area (Å²) in [5, 5.41) is 15.8. The van der Waals surface area contributed by atoms with Gasteiger partial charge in [-0.05, 0) is 52.6 Å². The van der Waals surface area contributed by atoms with Crippen molar-refractivity contribution in [2.45, 2.75) is 6.92 Å². The van der Waals surface area contributed by atoms with Crippen LogP contribution in [0.4, 0.5) is 5.69 Å². The van der Waals surface area contributed by atoms with E-state index in [9.17, 15) is 0 Å². The Hall–Kier alpha value is -2.21. The van der Waals surface area contributed by atoms with Gasteiger partial charge < -0.3 is 5.73 Å². The highest BCUT2D eigenvalue weighted by molar-refractivity contribution is 7.08. The van der Waals surface area contributed by atoms with Crippen LogP contribution in [0.3, 0.4) is 0 Å². The summed E-state index contributed by atoms with van der Waals surface area (Å²) in [5.74, 6) is 0.698. The molecule has 0 saturated carbocycles. The zero-order chi connectivity index (χ0) is 12.5. The third-order valence-corrected chi connectivity index (χ3v) is 3.25. The minimum Gasteiger partial charge on any atom is -0.399 e. The van der Waals surface area contributed by atoms with Gasteiger partial charge in [0.25, 0.3) is 0 Å². The van der Waals surface area contributed by atoms with Crippen molar-refractivity contribution in [2.75, 3.05) is 5.73 Å². The fraction of sp³-hybridized carbons (Fsp3) is 0.0833. The SMILES string of the molecule is Cc1cc(N)cc(-c2nnnn2-c2ccsc2)c1. The maximum atomic E-state index is 5.86. The molecule has 0 aliphatic carbocycles. The lowest BCUT2D eigenvalue weighted by molar-refractivity contribution is 0.793. The first-order valence-corrected chi connectivity index (χ1v) is 6.37. The van der Waals surface area contributed by atoms with Gasteiger partial charge in [-0.1, -0.05) is 0 Å². The molecule has 3 rings (SSSR count). The molecular formula is C12H11N5S. The van der Waals surface area contributed by atoms with Crippen molar-refractivity contribution >= 4 is 17.0 Å². The van der Waals surface area contributed by atoms with Crippen LogP contribution in [0.5, 0.6) is 0 Å². The second-order valence-corrected chi connectivity index (χ2v) is 4.81. The van der Waals surface area contributed by atoms with Crippen LogP contribution in [0, 0.1) is 6.92 Å². The summed E-state index contributed by atoms with van der Waals surface area (Å²) >= 11 is 1.61. The number of aromatic nitrogens is 4. The first-order valence-electron chi connectivity index (χ1n) is 5.42. The monoisotopic (exact) mass is 257 g/mol. The second kappa shape index (κ2) is 4.23. The van der Waals surface area contributed by atoms with Crippen LogP contribution < -0.4 is 5.73 Å². The largest absolute Gasteiger partial charge is 0.399 e. The van der Waals surface area contributed by atoms with Gasteiger partial charge in [-0.3, -0.25) is 0 Å². The molecule has 90 valence electrons. The fourth-order valence-corrected chi connectivity index (χ4v) is 2.48. The number of hydrogen-bond donors (Lipinski definition) is 1. The van der Waals surface area contributed by atoms with Crippen molar-refractivity contribution in [3.63, 3.8) is 0 Å². The number of rotatable bonds is 2. The molecule has 1 aromatic carbocycles. The van der Waals surface area contributed by atoms with Crippen LogP contribution >= 0.6 is 11.3 Å². The molecule has 0 aliphatic rings. The summed E-state index contributed by atoms with van der Waals surface area (Å²) in [6.07, 6.45) is 0. The summed E-state index contributed by atoms with van der Waals surface area (Å²) in [5.41, 5.74) is 9.54. The first-order chi connectivity index (χ1) is 8.74. The molecule has 0 saturated heterocycles. The number of thiophene rings is 1. The van der Waals surface area contributed by atoms with Gasteiger partial charge in [0.15, 0.2) is 5.82 Å². The lowest BCUT2D eigenvalue weighted by atomic mass is 10.1. The number of aryl methyl sites for hydroxylation is 1. The molecule has 2 heterocycles. The third-order valence-electron chi connectivity index (χ3n) is 2.58. The van der Waals surface area contributed by atoms with E-state index in [4.69, 9.17) is 5.73 Å². The van der Waals surface area contributed by atoms with Crippen LogP contribution in [-0.2, 0) is 0 Å². The Bertz CT molecular complexity index is 651. The van der Waals surface area contributed by atoms with E-state index < -0.39 is 0 Å². The highest BCUT2D eigenvalue weighted by Crippen LogP contribution is 2.23. The molecule has 0 atom stereocenters. The predicted molar refractivity (Wildman–Crippen MR) is 71.6 cm³/mol. The van der Waals surface area contributed by atoms with E-state index in [1.54, 1.807) is 16.0 Å². The van der Waals surface area contributed by atoms with E-state index in [1.165, 1.54) is 0 Å². The van der Waals surface area contributed by atoms with Gasteiger partial charge in [0.05, 0.1) is 5.69 Å². The molecule has 0 radical (unpaired) electrons. The molecule has 0 amide bonds. The van der Waals surface area contributed by atoms with Crippen molar-refractivity contribution < 1.29 is 0 Å². The van der Waals surface area contributed by atoms with Crippen molar-refractivity contribution in [2.24, 2.45) is 0 Å². The zero-order valence-electron chi connectivity index (χ0n) is 9.74. The Morgan fingerprint density at radius 1 is 1.28 bits per heavy atom. The standard InChI is InChI=1S/C12H11N5S/c1-8-4-9(6-10(13)5-8)12-14-15-16-17(12)11-2-3-18-7-11/h2-7H,13H2,1H3. The van der Waals surface area contributed by atoms with E-state index in [0.29, 0.717) is 11.5 Å². The van der Waals surface area contributed by atoms with Crippen LogP contribution in [0.1, 0.15) is 5.56 Å². The summed E-state index contributed by atoms with van der Waals surface area (Å²) in [6.45, 7) is 2.00. The van der Waals surface area contributed by atoms with Crippen molar-refractivity contribution in [3.8, 4) is 17.1 Å². The van der Waals surface area contributed by atoms with Crippen LogP contribution in [0.2, 0.25) is 0 Å². The van der Waals surface area contributed by atoms with Gasteiger partial charge in [0, 0.05) is 16.6 Å². The Labute approximate surface area is 108 Å². The quantitative estimate of drug-likeness (QED) is 0.715. The highest BCUT2D eigenvalue weighted by atomic mass is 32.1. The number of anilines is 1. The summed E-state index contributed by atoms with van der Waals surface area (Å²) in [6, 6.07) is 7.79. The summed E-state index contributed by atoms with van der Waals surface area (Å²) in [4.78, 5) is 0. The summed E-state index contributed by atoms with van der Waals surface area (Å²) in [7, 11) is 0. The van der Waals surface area contributed by atoms with Gasteiger partial charge >= 0.3 is 0 Å². The number of hydrogen-bond acceptors (Lipinski definition) is 5. The minimum absolute atomic E-state index is 0.698. The molecule has 0 fully saturated rings. The average molecular weight is 257 g/mol. The zero-order valence-corrected chi connectivity index (χ0v) is 10.6. The van der Waals surface area contributed by atoms with E-state index in [-0.39, 0.29) is 0 Å². The van der Waals surface area contributed by atoms with Gasteiger partial charge in [-0.2, -0.15) is 16.0 Å². The molecule has 0 spiro atoms. The normalized spacial score (nSPS) is 10.7. The van der Waals surface area contributed by atoms with E-state index >= 15 is 0 Å². The number of nitrogens with two attached hydrogens (primary N) is 1. The highest BCUT2D eigenvalue weighted by Gasteiger charge is 2.11. The summed E-state index contributed by atoms with van der Waals surface area (Å²) < 4.78 is 1.71. The Kier molecular flexibility index (Phi) is 2.56. The molecule has 2 aromatic heterocycles. The Morgan fingerprint density at radius 2 is 2.17 bits per heavy atom. The van der Waals surface area contributed by atoms with E-state index in [1.807, 2.05) is 41.9 Å². The topological polar surface area (TPSA) is 69.6 Å². The van der Waals surface area contributed by atoms with Gasteiger partial charge in [-0.15, -0.1) is 5.10 Å². The number of tetrazole rings is 1. The molecule has 0 aliphatic heterocycles. The van der Waals surface area contributed by atoms with Crippen molar-refractivity contribution in [1.29, 1.82) is 0 Å². The molecule has 6 heteroatoms. The first kappa shape index (κ1) is 10.9. The minimum atomic E-state index is 0.698. The molecule has 3 aromatic rings. The van der Waals surface area contributed by atoms with E-state index in [2.05, 4.69) is 15.5 Å². The maximum Gasteiger partial charge on any atom is 0.187 e. The van der Waals surface area contributed by atoms with Crippen molar-refractivity contribution in [3.05, 3.63) is 40.6 Å². The third kappa shape index (κ3) is 1.86. The Balaban J connectivity index is 2.15. The molecular weight excluding hydrogens is 246 g/mol.